The van der Waals surface area contributed by atoms with Crippen LogP contribution in [0.5, 0.6) is 5.88 Å². The van der Waals surface area contributed by atoms with Crippen molar-refractivity contribution < 1.29 is 4.74 Å². The lowest BCUT2D eigenvalue weighted by atomic mass is 10.0. The molecule has 0 bridgehead atoms. The van der Waals surface area contributed by atoms with Gasteiger partial charge < -0.3 is 15.4 Å². The van der Waals surface area contributed by atoms with Gasteiger partial charge in [-0.2, -0.15) is 0 Å². The van der Waals surface area contributed by atoms with E-state index in [0.29, 0.717) is 25.1 Å². The van der Waals surface area contributed by atoms with Gasteiger partial charge in [0.15, 0.2) is 0 Å². The van der Waals surface area contributed by atoms with E-state index in [0.717, 1.165) is 16.6 Å². The Labute approximate surface area is 117 Å². The fourth-order valence-corrected chi connectivity index (χ4v) is 2.65. The van der Waals surface area contributed by atoms with Crippen molar-refractivity contribution in [1.82, 2.24) is 9.88 Å². The number of pyridine rings is 1. The van der Waals surface area contributed by atoms with Gasteiger partial charge in [-0.1, -0.05) is 6.42 Å². The number of likely N-dealkylation sites (N-methyl/N-ethyl adjacent to an activating group) is 1. The highest BCUT2D eigenvalue weighted by Gasteiger charge is 2.20. The van der Waals surface area contributed by atoms with E-state index in [4.69, 9.17) is 10.5 Å². The van der Waals surface area contributed by atoms with Crippen molar-refractivity contribution in [3.05, 3.63) is 22.3 Å². The largest absolute Gasteiger partial charge is 0.476 e. The molecule has 1 fully saturated rings. The average Bonchev–Trinajstić information content (AvgIpc) is 2.39. The summed E-state index contributed by atoms with van der Waals surface area (Å²) in [5.41, 5.74) is 6.65. The van der Waals surface area contributed by atoms with Crippen LogP contribution in [0.1, 0.15) is 24.8 Å². The molecule has 2 N–H and O–H groups in total. The fourth-order valence-electron chi connectivity index (χ4n) is 2.27. The predicted octanol–water partition coefficient (Wildman–Crippen LogP) is 2.17. The highest BCUT2D eigenvalue weighted by atomic mass is 79.9. The molecular formula is C13H20BrN3O. The molecule has 0 aliphatic carbocycles. The third-order valence-corrected chi connectivity index (χ3v) is 3.88. The third kappa shape index (κ3) is 3.43. The van der Waals surface area contributed by atoms with E-state index >= 15 is 0 Å². The zero-order valence-electron chi connectivity index (χ0n) is 10.7. The van der Waals surface area contributed by atoms with E-state index in [1.54, 1.807) is 6.20 Å². The maximum atomic E-state index is 5.84. The van der Waals surface area contributed by atoms with E-state index in [-0.39, 0.29) is 0 Å². The van der Waals surface area contributed by atoms with Crippen LogP contribution in [0.2, 0.25) is 0 Å². The Hall–Kier alpha value is -0.650. The first-order valence-corrected chi connectivity index (χ1v) is 7.17. The first-order chi connectivity index (χ1) is 8.70. The molecule has 1 aromatic heterocycles. The normalized spacial score (nSPS) is 20.9. The molecule has 18 heavy (non-hydrogen) atoms. The van der Waals surface area contributed by atoms with Crippen molar-refractivity contribution in [1.29, 1.82) is 0 Å². The molecule has 2 rings (SSSR count). The van der Waals surface area contributed by atoms with Crippen LogP contribution in [0.15, 0.2) is 16.7 Å². The molecule has 2 heterocycles. The molecule has 0 spiro atoms. The Morgan fingerprint density at radius 3 is 3.11 bits per heavy atom. The summed E-state index contributed by atoms with van der Waals surface area (Å²) in [7, 11) is 2.16. The molecule has 0 radical (unpaired) electrons. The minimum absolute atomic E-state index is 0.447. The fraction of sp³-hybridized carbons (Fsp3) is 0.615. The molecule has 1 aliphatic rings. The van der Waals surface area contributed by atoms with Crippen LogP contribution in [0, 0.1) is 0 Å². The topological polar surface area (TPSA) is 51.4 Å². The smallest absolute Gasteiger partial charge is 0.217 e. The minimum Gasteiger partial charge on any atom is -0.476 e. The van der Waals surface area contributed by atoms with Gasteiger partial charge in [-0.15, -0.1) is 0 Å². The van der Waals surface area contributed by atoms with Gasteiger partial charge in [0.25, 0.3) is 0 Å². The number of hydrogen-bond donors (Lipinski definition) is 1. The minimum atomic E-state index is 0.447. The lowest BCUT2D eigenvalue weighted by Gasteiger charge is -2.32. The Morgan fingerprint density at radius 1 is 1.56 bits per heavy atom. The number of halogens is 1. The van der Waals surface area contributed by atoms with Crippen molar-refractivity contribution >= 4 is 15.9 Å². The van der Waals surface area contributed by atoms with Gasteiger partial charge in [0.05, 0.1) is 0 Å². The van der Waals surface area contributed by atoms with E-state index in [9.17, 15) is 0 Å². The SMILES string of the molecule is CN1CCCCC1COc1ncc(Br)cc1CN. The van der Waals surface area contributed by atoms with Gasteiger partial charge >= 0.3 is 0 Å². The Bertz CT molecular complexity index is 400. The second kappa shape index (κ2) is 6.50. The molecule has 0 saturated carbocycles. The van der Waals surface area contributed by atoms with E-state index in [2.05, 4.69) is 32.9 Å². The van der Waals surface area contributed by atoms with E-state index in [1.807, 2.05) is 6.07 Å². The molecule has 1 atom stereocenters. The van der Waals surface area contributed by atoms with Crippen LogP contribution in [0.4, 0.5) is 0 Å². The lowest BCUT2D eigenvalue weighted by Crippen LogP contribution is -2.40. The summed E-state index contributed by atoms with van der Waals surface area (Å²) in [5.74, 6) is 0.666. The van der Waals surface area contributed by atoms with Crippen molar-refractivity contribution in [2.24, 2.45) is 5.73 Å². The highest BCUT2D eigenvalue weighted by Crippen LogP contribution is 2.21. The van der Waals surface area contributed by atoms with Crippen LogP contribution >= 0.6 is 15.9 Å². The Kier molecular flexibility index (Phi) is 4.97. The summed E-state index contributed by atoms with van der Waals surface area (Å²) in [4.78, 5) is 6.66. The number of likely N-dealkylation sites (tertiary alicyclic amines) is 1. The number of piperidine rings is 1. The zero-order chi connectivity index (χ0) is 13.0. The first-order valence-electron chi connectivity index (χ1n) is 6.38. The number of nitrogens with two attached hydrogens (primary N) is 1. The molecule has 100 valence electrons. The van der Waals surface area contributed by atoms with Crippen molar-refractivity contribution in [2.45, 2.75) is 31.8 Å². The van der Waals surface area contributed by atoms with Gasteiger partial charge in [-0.3, -0.25) is 0 Å². The van der Waals surface area contributed by atoms with Gasteiger partial charge in [0.1, 0.15) is 6.61 Å². The number of rotatable bonds is 4. The molecule has 0 aromatic carbocycles. The quantitative estimate of drug-likeness (QED) is 0.925. The summed E-state index contributed by atoms with van der Waals surface area (Å²) in [6.45, 7) is 2.30. The van der Waals surface area contributed by atoms with Crippen molar-refractivity contribution in [2.75, 3.05) is 20.2 Å². The summed E-state index contributed by atoms with van der Waals surface area (Å²) in [6.07, 6.45) is 5.53. The molecule has 1 aromatic rings. The van der Waals surface area contributed by atoms with Gasteiger partial charge in [0, 0.05) is 28.8 Å². The predicted molar refractivity (Wildman–Crippen MR) is 75.6 cm³/mol. The average molecular weight is 314 g/mol. The standard InChI is InChI=1S/C13H20BrN3O/c1-17-5-3-2-4-12(17)9-18-13-10(7-15)6-11(14)8-16-13/h6,8,12H,2-5,7,9,15H2,1H3. The molecule has 1 saturated heterocycles. The Morgan fingerprint density at radius 2 is 2.39 bits per heavy atom. The summed E-state index contributed by atoms with van der Waals surface area (Å²) in [6, 6.07) is 2.46. The van der Waals surface area contributed by atoms with Gasteiger partial charge in [-0.25, -0.2) is 4.98 Å². The second-order valence-corrected chi connectivity index (χ2v) is 5.68. The molecule has 1 unspecified atom stereocenters. The zero-order valence-corrected chi connectivity index (χ0v) is 12.3. The number of hydrogen-bond acceptors (Lipinski definition) is 4. The van der Waals surface area contributed by atoms with Crippen LogP contribution in [-0.2, 0) is 6.54 Å². The van der Waals surface area contributed by atoms with Crippen LogP contribution in [0.3, 0.4) is 0 Å². The summed E-state index contributed by atoms with van der Waals surface area (Å²) >= 11 is 3.39. The number of nitrogens with zero attached hydrogens (tertiary/aromatic N) is 2. The van der Waals surface area contributed by atoms with Crippen LogP contribution in [0.25, 0.3) is 0 Å². The van der Waals surface area contributed by atoms with Crippen molar-refractivity contribution in [3.63, 3.8) is 0 Å². The van der Waals surface area contributed by atoms with Crippen LogP contribution < -0.4 is 10.5 Å². The molecule has 0 amide bonds. The van der Waals surface area contributed by atoms with E-state index in [1.165, 1.54) is 19.3 Å². The second-order valence-electron chi connectivity index (χ2n) is 4.76. The molecule has 5 heteroatoms. The summed E-state index contributed by atoms with van der Waals surface area (Å²) in [5, 5.41) is 0. The van der Waals surface area contributed by atoms with Gasteiger partial charge in [0.2, 0.25) is 5.88 Å². The number of aromatic nitrogens is 1. The van der Waals surface area contributed by atoms with E-state index < -0.39 is 0 Å². The monoisotopic (exact) mass is 313 g/mol. The Balaban J connectivity index is 1.97. The maximum Gasteiger partial charge on any atom is 0.217 e. The van der Waals surface area contributed by atoms with Crippen molar-refractivity contribution in [3.8, 4) is 5.88 Å². The maximum absolute atomic E-state index is 5.84. The van der Waals surface area contributed by atoms with Gasteiger partial charge in [-0.05, 0) is 48.4 Å². The van der Waals surface area contributed by atoms with Crippen LogP contribution in [-0.4, -0.2) is 36.1 Å². The highest BCUT2D eigenvalue weighted by molar-refractivity contribution is 9.10. The summed E-state index contributed by atoms with van der Waals surface area (Å²) < 4.78 is 6.77. The first kappa shape index (κ1) is 13.8. The molecular weight excluding hydrogens is 294 g/mol. The lowest BCUT2D eigenvalue weighted by molar-refractivity contribution is 0.122. The molecule has 4 nitrogen and oxygen atoms in total. The molecule has 1 aliphatic heterocycles. The third-order valence-electron chi connectivity index (χ3n) is 3.45. The number of ether oxygens (including phenoxy) is 1.